The highest BCUT2D eigenvalue weighted by molar-refractivity contribution is 7.92. The van der Waals surface area contributed by atoms with Gasteiger partial charge in [-0.2, -0.15) is 0 Å². The first kappa shape index (κ1) is 32.8. The molecule has 0 heterocycles. The Hall–Kier alpha value is -3.76. The molecular weight excluding hydrogens is 578 g/mol. The van der Waals surface area contributed by atoms with Gasteiger partial charge in [0.05, 0.1) is 24.8 Å². The molecule has 0 aliphatic heterocycles. The van der Waals surface area contributed by atoms with Crippen molar-refractivity contribution in [2.24, 2.45) is 0 Å². The van der Waals surface area contributed by atoms with Crippen LogP contribution < -0.4 is 19.1 Å². The number of hydrogen-bond donors (Lipinski definition) is 1. The molecule has 2 amide bonds. The van der Waals surface area contributed by atoms with Crippen molar-refractivity contribution in [1.82, 2.24) is 10.2 Å². The number of halogens is 1. The highest BCUT2D eigenvalue weighted by Gasteiger charge is 2.34. The molecule has 0 fully saturated rings. The monoisotopic (exact) mass is 615 g/mol. The summed E-state index contributed by atoms with van der Waals surface area (Å²) in [4.78, 5) is 28.7. The van der Waals surface area contributed by atoms with Gasteiger partial charge in [0, 0.05) is 17.6 Å². The quantitative estimate of drug-likeness (QED) is 0.284. The van der Waals surface area contributed by atoms with Crippen molar-refractivity contribution in [3.05, 3.63) is 82.9 Å². The number of rotatable bonds is 13. The maximum atomic E-state index is 14.1. The molecule has 42 heavy (non-hydrogen) atoms. The smallest absolute Gasteiger partial charge is 0.264 e. The molecule has 0 radical (unpaired) electrons. The second-order valence-corrected chi connectivity index (χ2v) is 12.3. The van der Waals surface area contributed by atoms with E-state index in [4.69, 9.17) is 21.1 Å². The van der Waals surface area contributed by atoms with Crippen molar-refractivity contribution in [1.29, 1.82) is 0 Å². The van der Waals surface area contributed by atoms with Crippen LogP contribution in [0.4, 0.5) is 5.69 Å². The van der Waals surface area contributed by atoms with Gasteiger partial charge in [-0.15, -0.1) is 0 Å². The third-order valence-electron chi connectivity index (χ3n) is 6.98. The molecule has 3 rings (SSSR count). The number of hydrogen-bond acceptors (Lipinski definition) is 6. The van der Waals surface area contributed by atoms with E-state index in [0.29, 0.717) is 12.2 Å². The molecule has 0 bridgehead atoms. The second-order valence-electron chi connectivity index (χ2n) is 10.0. The van der Waals surface area contributed by atoms with Crippen LogP contribution in [0.15, 0.2) is 71.6 Å². The summed E-state index contributed by atoms with van der Waals surface area (Å²) in [5.41, 5.74) is 1.71. The van der Waals surface area contributed by atoms with Crippen LogP contribution in [0.1, 0.15) is 38.3 Å². The van der Waals surface area contributed by atoms with Crippen LogP contribution in [0.2, 0.25) is 5.02 Å². The summed E-state index contributed by atoms with van der Waals surface area (Å²) >= 11 is 6.28. The lowest BCUT2D eigenvalue weighted by molar-refractivity contribution is -0.139. The summed E-state index contributed by atoms with van der Waals surface area (Å²) in [6, 6.07) is 17.0. The summed E-state index contributed by atoms with van der Waals surface area (Å²) < 4.78 is 39.8. The Kier molecular flexibility index (Phi) is 11.2. The molecule has 11 heteroatoms. The molecule has 0 aromatic heterocycles. The van der Waals surface area contributed by atoms with E-state index in [2.05, 4.69) is 5.32 Å². The van der Waals surface area contributed by atoms with E-state index in [1.54, 1.807) is 56.5 Å². The number of ether oxygens (including phenoxy) is 2. The highest BCUT2D eigenvalue weighted by atomic mass is 35.5. The van der Waals surface area contributed by atoms with E-state index in [9.17, 15) is 18.0 Å². The minimum atomic E-state index is -4.27. The largest absolute Gasteiger partial charge is 0.497 e. The van der Waals surface area contributed by atoms with Gasteiger partial charge in [-0.25, -0.2) is 8.42 Å². The zero-order chi connectivity index (χ0) is 31.0. The molecule has 0 aliphatic carbocycles. The van der Waals surface area contributed by atoms with Gasteiger partial charge in [0.2, 0.25) is 11.8 Å². The fourth-order valence-electron chi connectivity index (χ4n) is 4.18. The fourth-order valence-corrected chi connectivity index (χ4v) is 5.77. The third kappa shape index (κ3) is 7.95. The Labute approximate surface area is 253 Å². The summed E-state index contributed by atoms with van der Waals surface area (Å²) in [6.45, 7) is 6.75. The maximum absolute atomic E-state index is 14.1. The average molecular weight is 616 g/mol. The molecule has 0 saturated carbocycles. The van der Waals surface area contributed by atoms with Crippen molar-refractivity contribution >= 4 is 39.1 Å². The van der Waals surface area contributed by atoms with Gasteiger partial charge < -0.3 is 19.7 Å². The Balaban J connectivity index is 2.09. The lowest BCUT2D eigenvalue weighted by Crippen LogP contribution is -2.52. The number of nitrogens with one attached hydrogen (secondary N) is 1. The Morgan fingerprint density at radius 3 is 2.17 bits per heavy atom. The standard InChI is InChI=1S/C31H38ClN3O6S/c1-7-22(3)33-31(37)23(4)34(19-24-10-13-26(40-5)14-11-24)30(36)20-35(28-18-25(32)12-17-29(28)41-6)42(38,39)27-15-8-21(2)9-16-27/h8-18,22-23H,7,19-20H2,1-6H3,(H,33,37)/t22-,23+/m1/s1. The van der Waals surface area contributed by atoms with Gasteiger partial charge in [0.25, 0.3) is 10.0 Å². The first-order chi connectivity index (χ1) is 19.9. The predicted octanol–water partition coefficient (Wildman–Crippen LogP) is 5.19. The SMILES string of the molecule is CC[C@@H](C)NC(=O)[C@H](C)N(Cc1ccc(OC)cc1)C(=O)CN(c1cc(Cl)ccc1OC)S(=O)(=O)c1ccc(C)cc1. The lowest BCUT2D eigenvalue weighted by Gasteiger charge is -2.33. The number of anilines is 1. The first-order valence-electron chi connectivity index (χ1n) is 13.6. The molecule has 3 aromatic rings. The van der Waals surface area contributed by atoms with Gasteiger partial charge >= 0.3 is 0 Å². The number of carbonyl (C=O) groups is 2. The number of benzene rings is 3. The van der Waals surface area contributed by atoms with E-state index >= 15 is 0 Å². The Bertz CT molecular complexity index is 1480. The van der Waals surface area contributed by atoms with Crippen LogP contribution in [0, 0.1) is 6.92 Å². The van der Waals surface area contributed by atoms with Crippen LogP contribution in [-0.4, -0.2) is 58.0 Å². The van der Waals surface area contributed by atoms with Gasteiger partial charge in [0.15, 0.2) is 0 Å². The highest BCUT2D eigenvalue weighted by Crippen LogP contribution is 2.35. The van der Waals surface area contributed by atoms with Crippen LogP contribution in [0.5, 0.6) is 11.5 Å². The van der Waals surface area contributed by atoms with Crippen molar-refractivity contribution < 1.29 is 27.5 Å². The van der Waals surface area contributed by atoms with Crippen LogP contribution >= 0.6 is 11.6 Å². The molecule has 2 atom stereocenters. The zero-order valence-corrected chi connectivity index (χ0v) is 26.3. The van der Waals surface area contributed by atoms with Gasteiger partial charge in [0.1, 0.15) is 24.1 Å². The topological polar surface area (TPSA) is 105 Å². The normalized spacial score (nSPS) is 12.6. The number of aryl methyl sites for hydroxylation is 1. The van der Waals surface area contributed by atoms with Crippen LogP contribution in [0.3, 0.4) is 0 Å². The number of amides is 2. The molecule has 0 aliphatic rings. The maximum Gasteiger partial charge on any atom is 0.264 e. The minimum Gasteiger partial charge on any atom is -0.497 e. The molecule has 0 unspecified atom stereocenters. The molecule has 3 aromatic carbocycles. The van der Waals surface area contributed by atoms with Gasteiger partial charge in [-0.1, -0.05) is 48.4 Å². The average Bonchev–Trinajstić information content (AvgIpc) is 2.98. The first-order valence-corrected chi connectivity index (χ1v) is 15.4. The van der Waals surface area contributed by atoms with E-state index in [-0.39, 0.29) is 39.8 Å². The van der Waals surface area contributed by atoms with E-state index in [1.165, 1.54) is 36.3 Å². The lowest BCUT2D eigenvalue weighted by atomic mass is 10.1. The molecular formula is C31H38ClN3O6S. The molecule has 0 saturated heterocycles. The third-order valence-corrected chi connectivity index (χ3v) is 8.99. The number of carbonyl (C=O) groups excluding carboxylic acids is 2. The summed E-state index contributed by atoms with van der Waals surface area (Å²) in [5, 5.41) is 3.18. The minimum absolute atomic E-state index is 0.00723. The number of nitrogens with zero attached hydrogens (tertiary/aromatic N) is 2. The molecule has 0 spiro atoms. The van der Waals surface area contributed by atoms with Gasteiger partial charge in [-0.05, 0) is 75.2 Å². The second kappa shape index (κ2) is 14.4. The van der Waals surface area contributed by atoms with Crippen molar-refractivity contribution in [2.75, 3.05) is 25.1 Å². The van der Waals surface area contributed by atoms with Crippen LogP contribution in [0.25, 0.3) is 0 Å². The van der Waals surface area contributed by atoms with Crippen molar-refractivity contribution in [3.63, 3.8) is 0 Å². The molecule has 1 N–H and O–H groups in total. The molecule has 226 valence electrons. The molecule has 9 nitrogen and oxygen atoms in total. The zero-order valence-electron chi connectivity index (χ0n) is 24.8. The summed E-state index contributed by atoms with van der Waals surface area (Å²) in [5.74, 6) is -0.0791. The fraction of sp³-hybridized carbons (Fsp3) is 0.355. The predicted molar refractivity (Wildman–Crippen MR) is 165 cm³/mol. The van der Waals surface area contributed by atoms with E-state index in [0.717, 1.165) is 15.4 Å². The van der Waals surface area contributed by atoms with E-state index in [1.807, 2.05) is 20.8 Å². The van der Waals surface area contributed by atoms with E-state index < -0.39 is 28.5 Å². The summed E-state index contributed by atoms with van der Waals surface area (Å²) in [7, 11) is -1.31. The van der Waals surface area contributed by atoms with Crippen molar-refractivity contribution in [3.8, 4) is 11.5 Å². The number of methoxy groups -OCH3 is 2. The number of sulfonamides is 1. The van der Waals surface area contributed by atoms with Crippen molar-refractivity contribution in [2.45, 2.75) is 57.6 Å². The van der Waals surface area contributed by atoms with Gasteiger partial charge in [-0.3, -0.25) is 13.9 Å². The Morgan fingerprint density at radius 2 is 1.60 bits per heavy atom. The Morgan fingerprint density at radius 1 is 0.952 bits per heavy atom. The summed E-state index contributed by atoms with van der Waals surface area (Å²) in [6.07, 6.45) is 0.710. The van der Waals surface area contributed by atoms with Crippen LogP contribution in [-0.2, 0) is 26.2 Å².